The first-order chi connectivity index (χ1) is 9.68. The highest BCUT2D eigenvalue weighted by Gasteiger charge is 2.21. The van der Waals surface area contributed by atoms with E-state index in [2.05, 4.69) is 0 Å². The Morgan fingerprint density at radius 3 is 2.38 bits per heavy atom. The standard InChI is InChI=1S/C13H19ClN2O4S/c1-15(2)11-6-5-10(9-12(11)21(14,18)19)13(17)16(3)7-8-20-4/h5-6,9H,7-8H2,1-4H3. The summed E-state index contributed by atoms with van der Waals surface area (Å²) in [4.78, 5) is 15.2. The fraction of sp³-hybridized carbons (Fsp3) is 0.462. The Labute approximate surface area is 129 Å². The fourth-order valence-corrected chi connectivity index (χ4v) is 2.90. The van der Waals surface area contributed by atoms with Gasteiger partial charge in [-0.05, 0) is 18.2 Å². The molecule has 0 spiro atoms. The monoisotopic (exact) mass is 334 g/mol. The summed E-state index contributed by atoms with van der Waals surface area (Å²) >= 11 is 0. The summed E-state index contributed by atoms with van der Waals surface area (Å²) in [5.41, 5.74) is 0.694. The van der Waals surface area contributed by atoms with E-state index in [9.17, 15) is 13.2 Å². The van der Waals surface area contributed by atoms with Gasteiger partial charge in [-0.15, -0.1) is 0 Å². The Balaban J connectivity index is 3.20. The Morgan fingerprint density at radius 2 is 1.90 bits per heavy atom. The fourth-order valence-electron chi connectivity index (χ4n) is 1.76. The highest BCUT2D eigenvalue weighted by molar-refractivity contribution is 8.13. The summed E-state index contributed by atoms with van der Waals surface area (Å²) in [6, 6.07) is 4.43. The normalized spacial score (nSPS) is 11.3. The molecule has 21 heavy (non-hydrogen) atoms. The molecule has 1 amide bonds. The molecule has 1 aromatic carbocycles. The maximum atomic E-state index is 12.2. The highest BCUT2D eigenvalue weighted by atomic mass is 35.7. The lowest BCUT2D eigenvalue weighted by molar-refractivity contribution is 0.0744. The number of nitrogens with zero attached hydrogens (tertiary/aromatic N) is 2. The molecule has 0 unspecified atom stereocenters. The van der Waals surface area contributed by atoms with E-state index in [1.807, 2.05) is 0 Å². The number of rotatable bonds is 6. The van der Waals surface area contributed by atoms with Crippen molar-refractivity contribution in [3.05, 3.63) is 23.8 Å². The van der Waals surface area contributed by atoms with Gasteiger partial charge in [0.1, 0.15) is 4.90 Å². The van der Waals surface area contributed by atoms with E-state index < -0.39 is 9.05 Å². The van der Waals surface area contributed by atoms with Crippen LogP contribution in [0.15, 0.2) is 23.1 Å². The second-order valence-corrected chi connectivity index (χ2v) is 7.27. The first-order valence-electron chi connectivity index (χ1n) is 6.19. The average Bonchev–Trinajstić information content (AvgIpc) is 2.42. The second-order valence-electron chi connectivity index (χ2n) is 4.73. The molecule has 6 nitrogen and oxygen atoms in total. The molecule has 0 aliphatic carbocycles. The van der Waals surface area contributed by atoms with Crippen LogP contribution < -0.4 is 4.90 Å². The second kappa shape index (κ2) is 7.11. The van der Waals surface area contributed by atoms with Crippen LogP contribution in [0.2, 0.25) is 0 Å². The molecule has 0 atom stereocenters. The number of benzene rings is 1. The summed E-state index contributed by atoms with van der Waals surface area (Å²) in [5.74, 6) is -0.293. The number of halogens is 1. The zero-order valence-corrected chi connectivity index (χ0v) is 14.0. The van der Waals surface area contributed by atoms with Crippen LogP contribution in [0.3, 0.4) is 0 Å². The van der Waals surface area contributed by atoms with Gasteiger partial charge in [0.2, 0.25) is 0 Å². The number of methoxy groups -OCH3 is 1. The Kier molecular flexibility index (Phi) is 6.00. The van der Waals surface area contributed by atoms with Crippen molar-refractivity contribution in [2.45, 2.75) is 4.90 Å². The number of likely N-dealkylation sites (N-methyl/N-ethyl adjacent to an activating group) is 1. The molecule has 0 aliphatic heterocycles. The van der Waals surface area contributed by atoms with Crippen molar-refractivity contribution >= 4 is 31.3 Å². The zero-order valence-electron chi connectivity index (χ0n) is 12.5. The van der Waals surface area contributed by atoms with Crippen LogP contribution >= 0.6 is 10.7 Å². The number of hydrogen-bond acceptors (Lipinski definition) is 5. The molecule has 8 heteroatoms. The molecule has 118 valence electrons. The number of carbonyl (C=O) groups excluding carboxylic acids is 1. The molecular formula is C13H19ClN2O4S. The number of anilines is 1. The first-order valence-corrected chi connectivity index (χ1v) is 8.50. The molecule has 0 heterocycles. The summed E-state index contributed by atoms with van der Waals surface area (Å²) in [6.07, 6.45) is 0. The zero-order chi connectivity index (χ0) is 16.2. The quantitative estimate of drug-likeness (QED) is 0.736. The Bertz CT molecular complexity index is 617. The van der Waals surface area contributed by atoms with Crippen LogP contribution in [0.1, 0.15) is 10.4 Å². The van der Waals surface area contributed by atoms with Crippen molar-refractivity contribution < 1.29 is 17.9 Å². The van der Waals surface area contributed by atoms with E-state index in [1.54, 1.807) is 45.3 Å². The largest absolute Gasteiger partial charge is 0.383 e. The van der Waals surface area contributed by atoms with E-state index >= 15 is 0 Å². The lowest BCUT2D eigenvalue weighted by atomic mass is 10.1. The van der Waals surface area contributed by atoms with E-state index in [-0.39, 0.29) is 16.4 Å². The third-order valence-electron chi connectivity index (χ3n) is 2.93. The Morgan fingerprint density at radius 1 is 1.29 bits per heavy atom. The van der Waals surface area contributed by atoms with E-state index in [1.165, 1.54) is 11.0 Å². The van der Waals surface area contributed by atoms with Crippen LogP contribution in [0.4, 0.5) is 5.69 Å². The summed E-state index contributed by atoms with van der Waals surface area (Å²) in [7, 11) is 8.07. The predicted octanol–water partition coefficient (Wildman–Crippen LogP) is 1.40. The number of ether oxygens (including phenoxy) is 1. The summed E-state index contributed by atoms with van der Waals surface area (Å²) < 4.78 is 28.2. The van der Waals surface area contributed by atoms with Gasteiger partial charge in [-0.1, -0.05) is 0 Å². The van der Waals surface area contributed by atoms with Gasteiger partial charge in [-0.3, -0.25) is 4.79 Å². The van der Waals surface area contributed by atoms with Gasteiger partial charge in [0.15, 0.2) is 0 Å². The van der Waals surface area contributed by atoms with Gasteiger partial charge < -0.3 is 14.5 Å². The maximum Gasteiger partial charge on any atom is 0.263 e. The molecule has 0 fully saturated rings. The van der Waals surface area contributed by atoms with Crippen molar-refractivity contribution in [2.24, 2.45) is 0 Å². The van der Waals surface area contributed by atoms with Crippen LogP contribution in [0.25, 0.3) is 0 Å². The van der Waals surface area contributed by atoms with Crippen molar-refractivity contribution in [2.75, 3.05) is 46.3 Å². The summed E-state index contributed by atoms with van der Waals surface area (Å²) in [6.45, 7) is 0.812. The van der Waals surface area contributed by atoms with Crippen molar-refractivity contribution in [3.63, 3.8) is 0 Å². The molecule has 1 rings (SSSR count). The molecule has 0 saturated carbocycles. The van der Waals surface area contributed by atoms with E-state index in [4.69, 9.17) is 15.4 Å². The minimum Gasteiger partial charge on any atom is -0.383 e. The average molecular weight is 335 g/mol. The van der Waals surface area contributed by atoms with Gasteiger partial charge >= 0.3 is 0 Å². The third kappa shape index (κ3) is 4.59. The number of carbonyl (C=O) groups is 1. The van der Waals surface area contributed by atoms with E-state index in [0.717, 1.165) is 0 Å². The molecule has 0 saturated heterocycles. The van der Waals surface area contributed by atoms with Crippen molar-refractivity contribution in [1.29, 1.82) is 0 Å². The van der Waals surface area contributed by atoms with Gasteiger partial charge in [-0.2, -0.15) is 0 Å². The predicted molar refractivity (Wildman–Crippen MR) is 82.6 cm³/mol. The molecule has 0 bridgehead atoms. The molecule has 1 aromatic rings. The molecule has 0 radical (unpaired) electrons. The van der Waals surface area contributed by atoms with Gasteiger partial charge in [-0.25, -0.2) is 8.42 Å². The van der Waals surface area contributed by atoms with Crippen LogP contribution in [0, 0.1) is 0 Å². The maximum absolute atomic E-state index is 12.2. The molecule has 0 aliphatic rings. The van der Waals surface area contributed by atoms with Crippen LogP contribution in [-0.4, -0.2) is 60.6 Å². The minimum atomic E-state index is -3.94. The molecule has 0 aromatic heterocycles. The van der Waals surface area contributed by atoms with Crippen molar-refractivity contribution in [3.8, 4) is 0 Å². The smallest absolute Gasteiger partial charge is 0.263 e. The van der Waals surface area contributed by atoms with Crippen molar-refractivity contribution in [1.82, 2.24) is 4.90 Å². The molecule has 0 N–H and O–H groups in total. The van der Waals surface area contributed by atoms with Crippen LogP contribution in [0.5, 0.6) is 0 Å². The summed E-state index contributed by atoms with van der Waals surface area (Å²) in [5, 5.41) is 0. The molecular weight excluding hydrogens is 316 g/mol. The SMILES string of the molecule is COCCN(C)C(=O)c1ccc(N(C)C)c(S(=O)(=O)Cl)c1. The number of amides is 1. The minimum absolute atomic E-state index is 0.0832. The lowest BCUT2D eigenvalue weighted by Crippen LogP contribution is -2.30. The van der Waals surface area contributed by atoms with Gasteiger partial charge in [0, 0.05) is 51.0 Å². The Hall–Kier alpha value is -1.31. The number of hydrogen-bond donors (Lipinski definition) is 0. The van der Waals surface area contributed by atoms with Gasteiger partial charge in [0.05, 0.1) is 12.3 Å². The first kappa shape index (κ1) is 17.7. The highest BCUT2D eigenvalue weighted by Crippen LogP contribution is 2.28. The van der Waals surface area contributed by atoms with Gasteiger partial charge in [0.25, 0.3) is 15.0 Å². The van der Waals surface area contributed by atoms with Crippen LogP contribution in [-0.2, 0) is 13.8 Å². The third-order valence-corrected chi connectivity index (χ3v) is 4.28. The lowest BCUT2D eigenvalue weighted by Gasteiger charge is -2.19. The topological polar surface area (TPSA) is 66.9 Å². The van der Waals surface area contributed by atoms with E-state index in [0.29, 0.717) is 18.8 Å².